The van der Waals surface area contributed by atoms with Gasteiger partial charge in [-0.2, -0.15) is 0 Å². The maximum absolute atomic E-state index is 13.0. The summed E-state index contributed by atoms with van der Waals surface area (Å²) in [5.41, 5.74) is 6.72. The Morgan fingerprint density at radius 1 is 1.05 bits per heavy atom. The molecule has 20 heavy (non-hydrogen) atoms. The predicted octanol–water partition coefficient (Wildman–Crippen LogP) is 2.75. The van der Waals surface area contributed by atoms with Gasteiger partial charge in [-0.3, -0.25) is 5.41 Å². The Labute approximate surface area is 115 Å². The fourth-order valence-electron chi connectivity index (χ4n) is 1.62. The third kappa shape index (κ3) is 3.55. The first-order valence-corrected chi connectivity index (χ1v) is 5.82. The Morgan fingerprint density at radius 3 is 2.25 bits per heavy atom. The van der Waals surface area contributed by atoms with Gasteiger partial charge in [0.1, 0.15) is 11.7 Å². The van der Waals surface area contributed by atoms with Crippen LogP contribution in [0, 0.1) is 11.2 Å². The lowest BCUT2D eigenvalue weighted by Crippen LogP contribution is -2.20. The van der Waals surface area contributed by atoms with Gasteiger partial charge < -0.3 is 16.4 Å². The third-order valence-corrected chi connectivity index (χ3v) is 2.51. The molecular weight excluding hydrogens is 259 g/mol. The van der Waals surface area contributed by atoms with E-state index in [1.807, 2.05) is 0 Å². The number of hydrogen-bond acceptors (Lipinski definition) is 2. The molecule has 0 saturated carbocycles. The maximum Gasteiger partial charge on any atom is 0.323 e. The van der Waals surface area contributed by atoms with Crippen LogP contribution in [0.1, 0.15) is 5.56 Å². The number of amides is 2. The van der Waals surface area contributed by atoms with E-state index in [4.69, 9.17) is 11.1 Å². The van der Waals surface area contributed by atoms with Crippen molar-refractivity contribution in [3.05, 3.63) is 59.9 Å². The van der Waals surface area contributed by atoms with Crippen LogP contribution in [0.25, 0.3) is 0 Å². The summed E-state index contributed by atoms with van der Waals surface area (Å²) in [6, 6.07) is 11.7. The van der Waals surface area contributed by atoms with Crippen molar-refractivity contribution in [2.45, 2.75) is 0 Å². The summed E-state index contributed by atoms with van der Waals surface area (Å²) in [4.78, 5) is 11.7. The molecular formula is C14H13FN4O. The van der Waals surface area contributed by atoms with E-state index in [1.165, 1.54) is 18.2 Å². The van der Waals surface area contributed by atoms with E-state index >= 15 is 0 Å². The predicted molar refractivity (Wildman–Crippen MR) is 76.5 cm³/mol. The van der Waals surface area contributed by atoms with Crippen LogP contribution in [-0.2, 0) is 0 Å². The number of nitrogen functional groups attached to an aromatic ring is 1. The van der Waals surface area contributed by atoms with Crippen LogP contribution in [0.15, 0.2) is 48.5 Å². The van der Waals surface area contributed by atoms with Crippen LogP contribution < -0.4 is 16.4 Å². The zero-order valence-corrected chi connectivity index (χ0v) is 10.5. The summed E-state index contributed by atoms with van der Waals surface area (Å²) in [7, 11) is 0. The van der Waals surface area contributed by atoms with Gasteiger partial charge in [0.05, 0.1) is 0 Å². The summed E-state index contributed by atoms with van der Waals surface area (Å²) in [6.45, 7) is 0. The number of rotatable bonds is 3. The molecule has 0 bridgehead atoms. The Morgan fingerprint density at radius 2 is 1.65 bits per heavy atom. The van der Waals surface area contributed by atoms with Gasteiger partial charge in [-0.15, -0.1) is 0 Å². The first kappa shape index (κ1) is 13.5. The van der Waals surface area contributed by atoms with Gasteiger partial charge in [0.15, 0.2) is 0 Å². The molecule has 0 fully saturated rings. The van der Waals surface area contributed by atoms with Gasteiger partial charge in [-0.1, -0.05) is 18.2 Å². The monoisotopic (exact) mass is 272 g/mol. The summed E-state index contributed by atoms with van der Waals surface area (Å²) in [5, 5.41) is 12.4. The summed E-state index contributed by atoms with van der Waals surface area (Å²) in [5.74, 6) is -0.513. The van der Waals surface area contributed by atoms with E-state index in [0.29, 0.717) is 16.9 Å². The summed E-state index contributed by atoms with van der Waals surface area (Å²) >= 11 is 0. The Bertz CT molecular complexity index is 657. The molecule has 0 heterocycles. The fraction of sp³-hybridized carbons (Fsp3) is 0. The van der Waals surface area contributed by atoms with Crippen molar-refractivity contribution in [2.24, 2.45) is 5.73 Å². The van der Waals surface area contributed by atoms with Crippen molar-refractivity contribution < 1.29 is 9.18 Å². The molecule has 0 aromatic heterocycles. The number of nitrogens with one attached hydrogen (secondary N) is 3. The van der Waals surface area contributed by atoms with Crippen molar-refractivity contribution in [3.8, 4) is 0 Å². The smallest absolute Gasteiger partial charge is 0.323 e. The van der Waals surface area contributed by atoms with Crippen molar-refractivity contribution in [3.63, 3.8) is 0 Å². The molecule has 2 aromatic rings. The topological polar surface area (TPSA) is 91.0 Å². The second-order valence-corrected chi connectivity index (χ2v) is 4.08. The largest absolute Gasteiger partial charge is 0.384 e. The van der Waals surface area contributed by atoms with Crippen molar-refractivity contribution in [1.29, 1.82) is 5.41 Å². The molecule has 0 unspecified atom stereocenters. The van der Waals surface area contributed by atoms with E-state index in [1.54, 1.807) is 30.3 Å². The Balaban J connectivity index is 2.04. The number of amidine groups is 1. The minimum Gasteiger partial charge on any atom is -0.384 e. The van der Waals surface area contributed by atoms with Crippen LogP contribution in [0.3, 0.4) is 0 Å². The van der Waals surface area contributed by atoms with Gasteiger partial charge in [0, 0.05) is 16.9 Å². The summed E-state index contributed by atoms with van der Waals surface area (Å²) < 4.78 is 13.0. The number of nitrogens with two attached hydrogens (primary N) is 1. The molecule has 2 amide bonds. The van der Waals surface area contributed by atoms with E-state index in [-0.39, 0.29) is 5.84 Å². The minimum atomic E-state index is -0.503. The molecule has 0 aliphatic heterocycles. The van der Waals surface area contributed by atoms with Gasteiger partial charge in [-0.25, -0.2) is 9.18 Å². The molecule has 0 radical (unpaired) electrons. The van der Waals surface area contributed by atoms with Crippen LogP contribution in [0.2, 0.25) is 0 Å². The van der Waals surface area contributed by atoms with Gasteiger partial charge in [-0.05, 0) is 30.3 Å². The Hall–Kier alpha value is -2.89. The molecule has 0 atom stereocenters. The van der Waals surface area contributed by atoms with Crippen LogP contribution >= 0.6 is 0 Å². The number of carbonyl (C=O) groups is 1. The lowest BCUT2D eigenvalue weighted by Gasteiger charge is -2.08. The molecule has 0 spiro atoms. The average molecular weight is 272 g/mol. The number of urea groups is 1. The number of hydrogen-bond donors (Lipinski definition) is 4. The van der Waals surface area contributed by atoms with Gasteiger partial charge >= 0.3 is 6.03 Å². The van der Waals surface area contributed by atoms with Crippen LogP contribution in [-0.4, -0.2) is 11.9 Å². The van der Waals surface area contributed by atoms with E-state index < -0.39 is 11.8 Å². The second-order valence-electron chi connectivity index (χ2n) is 4.08. The zero-order valence-electron chi connectivity index (χ0n) is 10.5. The molecule has 2 rings (SSSR count). The van der Waals surface area contributed by atoms with Crippen molar-refractivity contribution in [2.75, 3.05) is 10.6 Å². The van der Waals surface area contributed by atoms with E-state index in [0.717, 1.165) is 0 Å². The minimum absolute atomic E-state index is 0.0841. The highest BCUT2D eigenvalue weighted by atomic mass is 19.1. The first-order chi connectivity index (χ1) is 9.54. The fourth-order valence-corrected chi connectivity index (χ4v) is 1.62. The highest BCUT2D eigenvalue weighted by molar-refractivity contribution is 6.01. The molecule has 102 valence electrons. The number of benzene rings is 2. The van der Waals surface area contributed by atoms with Gasteiger partial charge in [0.2, 0.25) is 0 Å². The van der Waals surface area contributed by atoms with E-state index in [9.17, 15) is 9.18 Å². The standard InChI is InChI=1S/C14H13FN4O/c15-10-4-2-6-12(8-10)19-14(20)18-11-5-1-3-9(7-11)13(16)17/h1-8H,(H3,16,17)(H2,18,19,20). The molecule has 2 aromatic carbocycles. The first-order valence-electron chi connectivity index (χ1n) is 5.82. The maximum atomic E-state index is 13.0. The number of carbonyl (C=O) groups excluding carboxylic acids is 1. The zero-order chi connectivity index (χ0) is 14.5. The molecule has 0 saturated heterocycles. The van der Waals surface area contributed by atoms with Gasteiger partial charge in [0.25, 0.3) is 0 Å². The van der Waals surface area contributed by atoms with Crippen molar-refractivity contribution in [1.82, 2.24) is 0 Å². The van der Waals surface area contributed by atoms with E-state index in [2.05, 4.69) is 10.6 Å². The quantitative estimate of drug-likeness (QED) is 0.511. The molecule has 0 aliphatic carbocycles. The molecule has 6 heteroatoms. The third-order valence-electron chi connectivity index (χ3n) is 2.51. The summed E-state index contributed by atoms with van der Waals surface area (Å²) in [6.07, 6.45) is 0. The molecule has 5 nitrogen and oxygen atoms in total. The highest BCUT2D eigenvalue weighted by Gasteiger charge is 2.04. The number of halogens is 1. The Kier molecular flexibility index (Phi) is 3.95. The average Bonchev–Trinajstić information content (AvgIpc) is 2.38. The molecule has 0 aliphatic rings. The van der Waals surface area contributed by atoms with Crippen LogP contribution in [0.5, 0.6) is 0 Å². The van der Waals surface area contributed by atoms with Crippen LogP contribution in [0.4, 0.5) is 20.6 Å². The van der Waals surface area contributed by atoms with Crippen molar-refractivity contribution >= 4 is 23.2 Å². The second kappa shape index (κ2) is 5.83. The lowest BCUT2D eigenvalue weighted by atomic mass is 10.2. The lowest BCUT2D eigenvalue weighted by molar-refractivity contribution is 0.262. The molecule has 5 N–H and O–H groups in total. The SMILES string of the molecule is N=C(N)c1cccc(NC(=O)Nc2cccc(F)c2)c1. The normalized spacial score (nSPS) is 9.85. The highest BCUT2D eigenvalue weighted by Crippen LogP contribution is 2.12. The number of anilines is 2.